The van der Waals surface area contributed by atoms with Crippen molar-refractivity contribution in [1.29, 1.82) is 0 Å². The van der Waals surface area contributed by atoms with E-state index in [4.69, 9.17) is 13.8 Å². The molecule has 0 heterocycles. The predicted octanol–water partition coefficient (Wildman–Crippen LogP) is 5.88. The number of likely N-dealkylation sites (N-methyl/N-ethyl adjacent to an activating group) is 1. The van der Waals surface area contributed by atoms with E-state index >= 15 is 0 Å². The third-order valence-corrected chi connectivity index (χ3v) is 5.87. The molecule has 0 spiro atoms. The van der Waals surface area contributed by atoms with Crippen molar-refractivity contribution >= 4 is 13.8 Å². The second-order valence-corrected chi connectivity index (χ2v) is 10.8. The zero-order chi connectivity index (χ0) is 26.4. The molecule has 35 heavy (non-hydrogen) atoms. The number of quaternary nitrogens is 1. The molecule has 0 amide bonds. The molecule has 0 rings (SSSR count). The summed E-state index contributed by atoms with van der Waals surface area (Å²) in [4.78, 5) is 23.9. The molecular formula is C27H48NO6P. The van der Waals surface area contributed by atoms with Gasteiger partial charge in [-0.3, -0.25) is 9.36 Å². The van der Waals surface area contributed by atoms with Crippen molar-refractivity contribution in [3.05, 3.63) is 48.6 Å². The van der Waals surface area contributed by atoms with Gasteiger partial charge in [0, 0.05) is 6.42 Å². The highest BCUT2D eigenvalue weighted by atomic mass is 31.2. The Morgan fingerprint density at radius 1 is 0.886 bits per heavy atom. The van der Waals surface area contributed by atoms with E-state index in [2.05, 4.69) is 55.5 Å². The molecule has 7 nitrogen and oxygen atoms in total. The van der Waals surface area contributed by atoms with Gasteiger partial charge < -0.3 is 23.2 Å². The van der Waals surface area contributed by atoms with Crippen LogP contribution in [-0.4, -0.2) is 57.5 Å². The second-order valence-electron chi connectivity index (χ2n) is 9.36. The standard InChI is InChI=1S/C27H48NO6P/c1-6-8-9-10-11-12-13-14-15-16-17-18-19-20-21-22-27(29)34-26(7-2)25-33-35(30,31)32-24-23-28(3,4)5/h8-9,11-12,14-15,17-18,26H,6-7,10,13,16,19-25H2,1-5H3/b9-8-,12-11-,15-14-,18-17-. The molecule has 0 aromatic rings. The third kappa shape index (κ3) is 24.0. The van der Waals surface area contributed by atoms with Crippen LogP contribution in [0.3, 0.4) is 0 Å². The van der Waals surface area contributed by atoms with Crippen molar-refractivity contribution in [1.82, 2.24) is 0 Å². The largest absolute Gasteiger partial charge is 0.756 e. The lowest BCUT2D eigenvalue weighted by molar-refractivity contribution is -0.870. The number of nitrogens with zero attached hydrogens (tertiary/aromatic N) is 1. The molecule has 0 radical (unpaired) electrons. The van der Waals surface area contributed by atoms with E-state index in [9.17, 15) is 14.3 Å². The molecule has 0 fully saturated rings. The second kappa shape index (κ2) is 20.7. The number of rotatable bonds is 21. The van der Waals surface area contributed by atoms with Crippen LogP contribution in [0.5, 0.6) is 0 Å². The maximum Gasteiger partial charge on any atom is 0.306 e. The summed E-state index contributed by atoms with van der Waals surface area (Å²) in [5, 5.41) is 0. The Hall–Kier alpha value is -1.50. The van der Waals surface area contributed by atoms with E-state index in [1.54, 1.807) is 0 Å². The first-order valence-electron chi connectivity index (χ1n) is 12.8. The molecule has 0 bridgehead atoms. The Morgan fingerprint density at radius 3 is 2.00 bits per heavy atom. The fourth-order valence-electron chi connectivity index (χ4n) is 2.75. The van der Waals surface area contributed by atoms with Crippen LogP contribution in [0.1, 0.15) is 71.6 Å². The number of hydrogen-bond donors (Lipinski definition) is 0. The van der Waals surface area contributed by atoms with Crippen LogP contribution < -0.4 is 4.89 Å². The van der Waals surface area contributed by atoms with E-state index < -0.39 is 13.9 Å². The maximum absolute atomic E-state index is 12.1. The van der Waals surface area contributed by atoms with Crippen LogP contribution in [0, 0.1) is 0 Å². The summed E-state index contributed by atoms with van der Waals surface area (Å²) in [5.41, 5.74) is 0. The van der Waals surface area contributed by atoms with Gasteiger partial charge in [-0.1, -0.05) is 62.5 Å². The number of allylic oxidation sites excluding steroid dienone is 8. The first-order valence-corrected chi connectivity index (χ1v) is 14.3. The highest BCUT2D eigenvalue weighted by Gasteiger charge is 2.18. The van der Waals surface area contributed by atoms with Crippen molar-refractivity contribution in [2.24, 2.45) is 0 Å². The quantitative estimate of drug-likeness (QED) is 0.0626. The molecule has 202 valence electrons. The average Bonchev–Trinajstić information content (AvgIpc) is 2.78. The molecule has 0 aromatic heterocycles. The molecular weight excluding hydrogens is 465 g/mol. The minimum atomic E-state index is -4.41. The lowest BCUT2D eigenvalue weighted by Gasteiger charge is -2.28. The van der Waals surface area contributed by atoms with Gasteiger partial charge >= 0.3 is 5.97 Å². The number of carbonyl (C=O) groups is 1. The van der Waals surface area contributed by atoms with Crippen molar-refractivity contribution in [2.75, 3.05) is 40.9 Å². The van der Waals surface area contributed by atoms with E-state index in [-0.39, 0.29) is 19.2 Å². The molecule has 0 aromatic carbocycles. The Kier molecular flexibility index (Phi) is 19.8. The lowest BCUT2D eigenvalue weighted by Crippen LogP contribution is -2.37. The smallest absolute Gasteiger partial charge is 0.306 e. The van der Waals surface area contributed by atoms with Gasteiger partial charge in [-0.15, -0.1) is 0 Å². The molecule has 0 aliphatic heterocycles. The van der Waals surface area contributed by atoms with E-state index in [1.807, 2.05) is 28.1 Å². The van der Waals surface area contributed by atoms with Crippen LogP contribution in [0.25, 0.3) is 0 Å². The first kappa shape index (κ1) is 33.5. The third-order valence-electron chi connectivity index (χ3n) is 4.90. The lowest BCUT2D eigenvalue weighted by atomic mass is 10.1. The van der Waals surface area contributed by atoms with Crippen LogP contribution in [0.15, 0.2) is 48.6 Å². The Balaban J connectivity index is 3.92. The summed E-state index contributed by atoms with van der Waals surface area (Å²) in [6.07, 6.45) is 23.9. The summed E-state index contributed by atoms with van der Waals surface area (Å²) < 4.78 is 27.6. The van der Waals surface area contributed by atoms with Crippen molar-refractivity contribution in [2.45, 2.75) is 77.7 Å². The highest BCUT2D eigenvalue weighted by molar-refractivity contribution is 7.45. The van der Waals surface area contributed by atoms with E-state index in [1.165, 1.54) is 0 Å². The molecule has 0 aliphatic rings. The summed E-state index contributed by atoms with van der Waals surface area (Å²) in [6.45, 7) is 4.29. The van der Waals surface area contributed by atoms with Crippen LogP contribution in [-0.2, 0) is 23.1 Å². The molecule has 2 unspecified atom stereocenters. The first-order chi connectivity index (χ1) is 16.6. The summed E-state index contributed by atoms with van der Waals surface area (Å²) in [7, 11) is 1.41. The van der Waals surface area contributed by atoms with E-state index in [0.717, 1.165) is 44.9 Å². The number of ether oxygens (including phenoxy) is 1. The monoisotopic (exact) mass is 513 g/mol. The molecule has 0 saturated heterocycles. The Bertz CT molecular complexity index is 709. The number of unbranched alkanes of at least 4 members (excludes halogenated alkanes) is 2. The van der Waals surface area contributed by atoms with Gasteiger partial charge in [0.1, 0.15) is 19.3 Å². The van der Waals surface area contributed by atoms with Gasteiger partial charge in [-0.05, 0) is 51.4 Å². The van der Waals surface area contributed by atoms with Gasteiger partial charge in [0.05, 0.1) is 27.7 Å². The minimum Gasteiger partial charge on any atom is -0.756 e. The summed E-state index contributed by atoms with van der Waals surface area (Å²) in [6, 6.07) is 0. The number of hydrogen-bond acceptors (Lipinski definition) is 6. The number of esters is 1. The van der Waals surface area contributed by atoms with Gasteiger partial charge in [0.15, 0.2) is 0 Å². The zero-order valence-electron chi connectivity index (χ0n) is 22.5. The average molecular weight is 514 g/mol. The molecule has 0 N–H and O–H groups in total. The highest BCUT2D eigenvalue weighted by Crippen LogP contribution is 2.38. The molecule has 0 aliphatic carbocycles. The van der Waals surface area contributed by atoms with Crippen LogP contribution in [0.2, 0.25) is 0 Å². The number of carbonyl (C=O) groups excluding carboxylic acids is 1. The SMILES string of the molecule is CC/C=C\C/C=C\C/C=C\C/C=C\CCCCC(=O)OC(CC)COP(=O)([O-])OCC[N+](C)(C)C. The minimum absolute atomic E-state index is 0.0418. The number of phosphoric ester groups is 1. The van der Waals surface area contributed by atoms with Gasteiger partial charge in [0.25, 0.3) is 7.82 Å². The fourth-order valence-corrected chi connectivity index (χ4v) is 3.48. The van der Waals surface area contributed by atoms with Gasteiger partial charge in [-0.25, -0.2) is 0 Å². The normalized spacial score (nSPS) is 15.5. The Morgan fingerprint density at radius 2 is 1.46 bits per heavy atom. The molecule has 8 heteroatoms. The van der Waals surface area contributed by atoms with Gasteiger partial charge in [-0.2, -0.15) is 0 Å². The zero-order valence-corrected chi connectivity index (χ0v) is 23.4. The predicted molar refractivity (Wildman–Crippen MR) is 142 cm³/mol. The fraction of sp³-hybridized carbons (Fsp3) is 0.667. The molecule has 0 saturated carbocycles. The van der Waals surface area contributed by atoms with Crippen molar-refractivity contribution in [3.8, 4) is 0 Å². The molecule has 2 atom stereocenters. The topological polar surface area (TPSA) is 84.9 Å². The number of phosphoric acid groups is 1. The van der Waals surface area contributed by atoms with Crippen LogP contribution >= 0.6 is 7.82 Å². The summed E-state index contributed by atoms with van der Waals surface area (Å²) >= 11 is 0. The van der Waals surface area contributed by atoms with Crippen molar-refractivity contribution in [3.63, 3.8) is 0 Å². The summed E-state index contributed by atoms with van der Waals surface area (Å²) in [5.74, 6) is -0.336. The maximum atomic E-state index is 12.1. The van der Waals surface area contributed by atoms with Gasteiger partial charge in [0.2, 0.25) is 0 Å². The van der Waals surface area contributed by atoms with Crippen molar-refractivity contribution < 1.29 is 32.5 Å². The van der Waals surface area contributed by atoms with E-state index in [0.29, 0.717) is 23.9 Å². The Labute approximate surface area is 213 Å². The van der Waals surface area contributed by atoms with Crippen LogP contribution in [0.4, 0.5) is 0 Å².